The van der Waals surface area contributed by atoms with Crippen LogP contribution in [0.15, 0.2) is 73.3 Å². The number of ether oxygens (including phenoxy) is 2. The molecular formula is C18H12N2O4. The van der Waals surface area contributed by atoms with Crippen LogP contribution in [0, 0.1) is 0 Å². The second-order valence-electron chi connectivity index (χ2n) is 4.73. The van der Waals surface area contributed by atoms with Crippen molar-refractivity contribution >= 4 is 11.9 Å². The second-order valence-corrected chi connectivity index (χ2v) is 4.73. The molecule has 24 heavy (non-hydrogen) atoms. The van der Waals surface area contributed by atoms with Gasteiger partial charge in [-0.25, -0.2) is 9.59 Å². The number of nitrogens with zero attached hydrogens (tertiary/aromatic N) is 2. The van der Waals surface area contributed by atoms with Crippen molar-refractivity contribution in [3.63, 3.8) is 0 Å². The molecule has 0 bridgehead atoms. The van der Waals surface area contributed by atoms with E-state index in [-0.39, 0.29) is 11.1 Å². The summed E-state index contributed by atoms with van der Waals surface area (Å²) in [5.74, 6) is -0.390. The first kappa shape index (κ1) is 15.4. The number of benzene rings is 1. The zero-order chi connectivity index (χ0) is 16.8. The Morgan fingerprint density at radius 2 is 1.08 bits per heavy atom. The summed E-state index contributed by atoms with van der Waals surface area (Å²) in [6.45, 7) is 0. The summed E-state index contributed by atoms with van der Waals surface area (Å²) in [4.78, 5) is 32.0. The van der Waals surface area contributed by atoms with E-state index >= 15 is 0 Å². The maximum Gasteiger partial charge on any atom is 0.343 e. The molecule has 0 radical (unpaired) electrons. The summed E-state index contributed by atoms with van der Waals surface area (Å²) >= 11 is 0. The summed E-state index contributed by atoms with van der Waals surface area (Å²) in [5, 5.41) is 0. The maximum atomic E-state index is 12.1. The summed E-state index contributed by atoms with van der Waals surface area (Å²) < 4.78 is 10.4. The smallest absolute Gasteiger partial charge is 0.343 e. The molecule has 2 aromatic heterocycles. The van der Waals surface area contributed by atoms with E-state index in [0.29, 0.717) is 11.5 Å². The third-order valence-corrected chi connectivity index (χ3v) is 3.05. The summed E-state index contributed by atoms with van der Waals surface area (Å²) in [5.41, 5.74) is 0.493. The van der Waals surface area contributed by atoms with E-state index in [4.69, 9.17) is 9.47 Å². The molecule has 0 N–H and O–H groups in total. The highest BCUT2D eigenvalue weighted by molar-refractivity contribution is 5.96. The van der Waals surface area contributed by atoms with Gasteiger partial charge in [0.2, 0.25) is 0 Å². The van der Waals surface area contributed by atoms with Gasteiger partial charge in [0.05, 0.1) is 11.1 Å². The molecule has 1 aromatic carbocycles. The van der Waals surface area contributed by atoms with Crippen LogP contribution in [0.4, 0.5) is 0 Å². The number of esters is 2. The van der Waals surface area contributed by atoms with Crippen LogP contribution in [0.2, 0.25) is 0 Å². The minimum absolute atomic E-state index is 0.246. The molecule has 3 rings (SSSR count). The third-order valence-electron chi connectivity index (χ3n) is 3.05. The molecule has 0 aliphatic rings. The van der Waals surface area contributed by atoms with E-state index in [1.807, 2.05) is 0 Å². The van der Waals surface area contributed by atoms with Crippen molar-refractivity contribution in [2.24, 2.45) is 0 Å². The molecule has 0 saturated carbocycles. The van der Waals surface area contributed by atoms with Gasteiger partial charge in [0, 0.05) is 24.8 Å². The fourth-order valence-electron chi connectivity index (χ4n) is 1.92. The normalized spacial score (nSPS) is 10.0. The van der Waals surface area contributed by atoms with Crippen molar-refractivity contribution in [3.8, 4) is 11.5 Å². The van der Waals surface area contributed by atoms with Gasteiger partial charge in [-0.3, -0.25) is 9.97 Å². The Kier molecular flexibility index (Phi) is 4.57. The number of aromatic nitrogens is 2. The predicted octanol–water partition coefficient (Wildman–Crippen LogP) is 2.92. The monoisotopic (exact) mass is 320 g/mol. The highest BCUT2D eigenvalue weighted by Gasteiger charge is 2.14. The molecule has 0 fully saturated rings. The van der Waals surface area contributed by atoms with E-state index in [2.05, 4.69) is 9.97 Å². The summed E-state index contributed by atoms with van der Waals surface area (Å²) in [7, 11) is 0. The van der Waals surface area contributed by atoms with Gasteiger partial charge in [0.1, 0.15) is 11.5 Å². The fraction of sp³-hybridized carbons (Fsp3) is 0. The Balaban J connectivity index is 1.74. The first-order valence-electron chi connectivity index (χ1n) is 7.07. The van der Waals surface area contributed by atoms with Gasteiger partial charge < -0.3 is 9.47 Å². The topological polar surface area (TPSA) is 78.4 Å². The van der Waals surface area contributed by atoms with Crippen LogP contribution in [0.1, 0.15) is 20.7 Å². The van der Waals surface area contributed by atoms with Crippen molar-refractivity contribution in [1.82, 2.24) is 9.97 Å². The van der Waals surface area contributed by atoms with Crippen molar-refractivity contribution < 1.29 is 19.1 Å². The number of hydrogen-bond acceptors (Lipinski definition) is 6. The number of carbonyl (C=O) groups is 2. The van der Waals surface area contributed by atoms with Gasteiger partial charge in [-0.2, -0.15) is 0 Å². The van der Waals surface area contributed by atoms with Crippen molar-refractivity contribution in [2.75, 3.05) is 0 Å². The Labute approximate surface area is 137 Å². The van der Waals surface area contributed by atoms with Crippen LogP contribution < -0.4 is 9.47 Å². The lowest BCUT2D eigenvalue weighted by molar-refractivity contribution is 0.0734. The first-order chi connectivity index (χ1) is 11.7. The number of pyridine rings is 2. The van der Waals surface area contributed by atoms with Gasteiger partial charge in [-0.05, 0) is 42.5 Å². The Hall–Kier alpha value is -3.54. The Morgan fingerprint density at radius 1 is 0.667 bits per heavy atom. The molecule has 0 aliphatic heterocycles. The van der Waals surface area contributed by atoms with Crippen LogP contribution >= 0.6 is 0 Å². The largest absolute Gasteiger partial charge is 0.423 e. The van der Waals surface area contributed by atoms with Crippen molar-refractivity contribution in [1.29, 1.82) is 0 Å². The van der Waals surface area contributed by atoms with Crippen molar-refractivity contribution in [2.45, 2.75) is 0 Å². The van der Waals surface area contributed by atoms with E-state index < -0.39 is 11.9 Å². The van der Waals surface area contributed by atoms with Gasteiger partial charge >= 0.3 is 11.9 Å². The standard InChI is InChI=1S/C18H12N2O4/c21-17(23-15-4-8-19-9-5-15)13-2-1-3-14(12-13)18(22)24-16-6-10-20-11-7-16/h1-12H. The number of rotatable bonds is 4. The van der Waals surface area contributed by atoms with Gasteiger partial charge in [0.15, 0.2) is 0 Å². The molecule has 0 aliphatic carbocycles. The summed E-state index contributed by atoms with van der Waals surface area (Å²) in [6.07, 6.45) is 6.08. The van der Waals surface area contributed by atoms with E-state index in [9.17, 15) is 9.59 Å². The molecule has 6 nitrogen and oxygen atoms in total. The molecule has 0 unspecified atom stereocenters. The maximum absolute atomic E-state index is 12.1. The lowest BCUT2D eigenvalue weighted by Crippen LogP contribution is -2.12. The predicted molar refractivity (Wildman–Crippen MR) is 84.8 cm³/mol. The van der Waals surface area contributed by atoms with Crippen LogP contribution in [0.3, 0.4) is 0 Å². The lowest BCUT2D eigenvalue weighted by Gasteiger charge is -2.06. The molecular weight excluding hydrogens is 308 g/mol. The van der Waals surface area contributed by atoms with E-state index in [1.54, 1.807) is 42.5 Å². The van der Waals surface area contributed by atoms with E-state index in [0.717, 1.165) is 0 Å². The van der Waals surface area contributed by atoms with Gasteiger partial charge in [-0.1, -0.05) is 6.07 Å². The third kappa shape index (κ3) is 3.80. The first-order valence-corrected chi connectivity index (χ1v) is 7.07. The molecule has 118 valence electrons. The molecule has 0 spiro atoms. The Bertz CT molecular complexity index is 782. The molecule has 0 saturated heterocycles. The average molecular weight is 320 g/mol. The van der Waals surface area contributed by atoms with Gasteiger partial charge in [-0.15, -0.1) is 0 Å². The van der Waals surface area contributed by atoms with Crippen LogP contribution in [-0.4, -0.2) is 21.9 Å². The Morgan fingerprint density at radius 3 is 1.50 bits per heavy atom. The minimum Gasteiger partial charge on any atom is -0.423 e. The summed E-state index contributed by atoms with van der Waals surface area (Å²) in [6, 6.07) is 12.4. The lowest BCUT2D eigenvalue weighted by atomic mass is 10.1. The van der Waals surface area contributed by atoms with Crippen LogP contribution in [0.5, 0.6) is 11.5 Å². The highest BCUT2D eigenvalue weighted by atomic mass is 16.5. The average Bonchev–Trinajstić information content (AvgIpc) is 2.63. The minimum atomic E-state index is -0.570. The number of hydrogen-bond donors (Lipinski definition) is 0. The number of carbonyl (C=O) groups excluding carboxylic acids is 2. The molecule has 6 heteroatoms. The zero-order valence-corrected chi connectivity index (χ0v) is 12.5. The van der Waals surface area contributed by atoms with Crippen LogP contribution in [-0.2, 0) is 0 Å². The van der Waals surface area contributed by atoms with Gasteiger partial charge in [0.25, 0.3) is 0 Å². The van der Waals surface area contributed by atoms with Crippen molar-refractivity contribution in [3.05, 3.63) is 84.4 Å². The molecule has 3 aromatic rings. The van der Waals surface area contributed by atoms with Crippen LogP contribution in [0.25, 0.3) is 0 Å². The SMILES string of the molecule is O=C(Oc1ccncc1)c1cccc(C(=O)Oc2ccncc2)c1. The molecule has 0 atom stereocenters. The quantitative estimate of drug-likeness (QED) is 0.688. The molecule has 2 heterocycles. The zero-order valence-electron chi connectivity index (χ0n) is 12.5. The fourth-order valence-corrected chi connectivity index (χ4v) is 1.92. The highest BCUT2D eigenvalue weighted by Crippen LogP contribution is 2.14. The van der Waals surface area contributed by atoms with E-state index in [1.165, 1.54) is 30.9 Å². The second kappa shape index (κ2) is 7.15. The molecule has 0 amide bonds.